The fourth-order valence-corrected chi connectivity index (χ4v) is 7.56. The maximum Gasteiger partial charge on any atom is 0.403 e. The first-order valence-corrected chi connectivity index (χ1v) is 25.7. The number of hydrogen-bond acceptors (Lipinski definition) is 13. The van der Waals surface area contributed by atoms with Gasteiger partial charge in [-0.25, -0.2) is 4.79 Å². The highest BCUT2D eigenvalue weighted by atomic mass is 35.5. The number of carboxylic acids is 1. The molecule has 0 aromatic heterocycles. The van der Waals surface area contributed by atoms with Gasteiger partial charge in [0.2, 0.25) is 5.91 Å². The number of nitrogens with one attached hydrogen (secondary N) is 1. The van der Waals surface area contributed by atoms with E-state index < -0.39 is 46.4 Å². The number of methoxy groups -OCH3 is 4. The molecular formula is C55H73Cl5N2O13. The molecule has 0 saturated heterocycles. The lowest BCUT2D eigenvalue weighted by molar-refractivity contribution is -0.159. The van der Waals surface area contributed by atoms with E-state index in [2.05, 4.69) is 10.1 Å². The molecule has 2 atom stereocenters. The third-order valence-corrected chi connectivity index (χ3v) is 11.2. The number of benzene rings is 4. The zero-order valence-electron chi connectivity index (χ0n) is 44.8. The Balaban J connectivity index is 0.000000567. The molecule has 4 aromatic rings. The van der Waals surface area contributed by atoms with Crippen molar-refractivity contribution >= 4 is 87.2 Å². The molecule has 0 radical (unpaired) electrons. The second kappa shape index (κ2) is 34.5. The van der Waals surface area contributed by atoms with Crippen LogP contribution in [0.5, 0.6) is 23.0 Å². The lowest BCUT2D eigenvalue weighted by Crippen LogP contribution is -2.36. The van der Waals surface area contributed by atoms with E-state index in [4.69, 9.17) is 92.2 Å². The number of carbonyl (C=O) groups excluding carboxylic acids is 4. The Kier molecular flexibility index (Phi) is 31.2. The van der Waals surface area contributed by atoms with Gasteiger partial charge in [0.25, 0.3) is 0 Å². The molecule has 0 unspecified atom stereocenters. The average molecular weight is 1150 g/mol. The van der Waals surface area contributed by atoms with Crippen molar-refractivity contribution in [1.29, 1.82) is 0 Å². The summed E-state index contributed by atoms with van der Waals surface area (Å²) in [6, 6.07) is 21.4. The predicted molar refractivity (Wildman–Crippen MR) is 296 cm³/mol. The molecule has 416 valence electrons. The van der Waals surface area contributed by atoms with Gasteiger partial charge in [0, 0.05) is 38.2 Å². The summed E-state index contributed by atoms with van der Waals surface area (Å²) >= 11 is 29.0. The van der Waals surface area contributed by atoms with Gasteiger partial charge in [-0.15, -0.1) is 0 Å². The highest BCUT2D eigenvalue weighted by Gasteiger charge is 2.28. The lowest BCUT2D eigenvalue weighted by Gasteiger charge is -2.22. The van der Waals surface area contributed by atoms with E-state index in [0.29, 0.717) is 69.2 Å². The lowest BCUT2D eigenvalue weighted by atomic mass is 9.95. The fourth-order valence-electron chi connectivity index (χ4n) is 6.52. The van der Waals surface area contributed by atoms with Crippen molar-refractivity contribution in [2.75, 3.05) is 48.1 Å². The van der Waals surface area contributed by atoms with E-state index in [1.54, 1.807) is 106 Å². The molecule has 15 nitrogen and oxygen atoms in total. The van der Waals surface area contributed by atoms with E-state index >= 15 is 0 Å². The van der Waals surface area contributed by atoms with E-state index in [-0.39, 0.29) is 31.6 Å². The van der Waals surface area contributed by atoms with Crippen LogP contribution in [0.1, 0.15) is 90.5 Å². The number of rotatable bonds is 21. The summed E-state index contributed by atoms with van der Waals surface area (Å²) in [7, 11) is 6.41. The molecular weight excluding hydrogens is 1070 g/mol. The highest BCUT2D eigenvalue weighted by molar-refractivity contribution is 6.61. The number of carboxylic acid groups (broad SMARTS) is 1. The third-order valence-electron chi connectivity index (χ3n) is 9.92. The molecule has 0 bridgehead atoms. The van der Waals surface area contributed by atoms with E-state index in [9.17, 15) is 29.1 Å². The predicted octanol–water partition coefficient (Wildman–Crippen LogP) is 12.5. The van der Waals surface area contributed by atoms with Crippen LogP contribution in [-0.4, -0.2) is 93.7 Å². The first kappa shape index (κ1) is 67.9. The Hall–Kier alpha value is -5.16. The van der Waals surface area contributed by atoms with Gasteiger partial charge < -0.3 is 49.3 Å². The summed E-state index contributed by atoms with van der Waals surface area (Å²) in [5.74, 6) is -0.673. The molecule has 4 N–H and O–H groups in total. The molecule has 1 amide bonds. The quantitative estimate of drug-likeness (QED) is 0.0403. The highest BCUT2D eigenvalue weighted by Crippen LogP contribution is 2.30. The Morgan fingerprint density at radius 3 is 1.36 bits per heavy atom. The largest absolute Gasteiger partial charge is 0.493 e. The van der Waals surface area contributed by atoms with Gasteiger partial charge in [-0.1, -0.05) is 84.5 Å². The molecule has 75 heavy (non-hydrogen) atoms. The topological polar surface area (TPSA) is 208 Å². The number of esters is 2. The maximum atomic E-state index is 13.0. The van der Waals surface area contributed by atoms with E-state index in [0.717, 1.165) is 29.0 Å². The third kappa shape index (κ3) is 29.1. The Bertz CT molecular complexity index is 2440. The van der Waals surface area contributed by atoms with Gasteiger partial charge in [-0.05, 0) is 150 Å². The second-order valence-electron chi connectivity index (χ2n) is 19.1. The first-order chi connectivity index (χ1) is 35.0. The van der Waals surface area contributed by atoms with Gasteiger partial charge in [-0.2, -0.15) is 0 Å². The van der Waals surface area contributed by atoms with Gasteiger partial charge in [0.15, 0.2) is 23.0 Å². The monoisotopic (exact) mass is 1140 g/mol. The minimum atomic E-state index is -1.06. The number of halogens is 5. The summed E-state index contributed by atoms with van der Waals surface area (Å²) in [4.78, 5) is 58.4. The Morgan fingerprint density at radius 1 is 0.600 bits per heavy atom. The van der Waals surface area contributed by atoms with Crippen LogP contribution in [-0.2, 0) is 59.1 Å². The molecule has 0 fully saturated rings. The molecule has 0 heterocycles. The van der Waals surface area contributed by atoms with Crippen LogP contribution in [0.25, 0.3) is 0 Å². The standard InChI is InChI=1S/C25H31Cl2NO5.C15H18Cl2O4.C10H15NO2.C5H9ClO2/c1-25(2,3)33-23(29)14-18(13-17-7-8-19(26)15-20(17)27)24(30)28-11-10-16-6-9-21(31-4)22(12-16)32-5;1-15(2,3)21-13(18)7-10(14(19)20)6-9-4-5-11(16)8-12(9)17;1-12-9-4-3-8(5-6-11)7-10(9)13-2;1-4(2)3-8-5(6)7/h6-9,12,15,18H,10-11,13-14H2,1-5H3,(H,28,30);4-5,8,10H,6-7H2,1-3H3,(H,19,20);3-4,7H,5-6,11H2,1-2H3;4H,3H2,1-2H3/t18-;10-;;/m00../s1. The number of hydrogen-bond donors (Lipinski definition) is 3. The number of aliphatic carboxylic acids is 1. The zero-order chi connectivity index (χ0) is 57.1. The Labute approximate surface area is 467 Å². The minimum absolute atomic E-state index is 0.0571. The summed E-state index contributed by atoms with van der Waals surface area (Å²) in [6.07, 6.45) is 1.62. The van der Waals surface area contributed by atoms with Crippen molar-refractivity contribution < 1.29 is 62.2 Å². The van der Waals surface area contributed by atoms with Crippen molar-refractivity contribution in [2.24, 2.45) is 23.5 Å². The van der Waals surface area contributed by atoms with Crippen LogP contribution in [0.15, 0.2) is 72.8 Å². The summed E-state index contributed by atoms with van der Waals surface area (Å²) in [5, 5.41) is 14.0. The van der Waals surface area contributed by atoms with Crippen LogP contribution < -0.4 is 30.0 Å². The number of amides is 1. The van der Waals surface area contributed by atoms with Gasteiger partial charge in [0.05, 0.1) is 59.7 Å². The Morgan fingerprint density at radius 2 is 1.01 bits per heavy atom. The van der Waals surface area contributed by atoms with Crippen molar-refractivity contribution in [3.05, 3.63) is 115 Å². The number of carbonyl (C=O) groups is 5. The molecule has 4 rings (SSSR count). The van der Waals surface area contributed by atoms with Crippen LogP contribution in [0, 0.1) is 17.8 Å². The van der Waals surface area contributed by atoms with Gasteiger partial charge in [0.1, 0.15) is 11.2 Å². The number of nitrogens with two attached hydrogens (primary N) is 1. The average Bonchev–Trinajstić information content (AvgIpc) is 3.31. The molecule has 0 spiro atoms. The zero-order valence-corrected chi connectivity index (χ0v) is 48.6. The molecule has 0 aliphatic rings. The van der Waals surface area contributed by atoms with Crippen molar-refractivity contribution in [2.45, 2.75) is 105 Å². The molecule has 0 aliphatic carbocycles. The van der Waals surface area contributed by atoms with Crippen molar-refractivity contribution in [3.63, 3.8) is 0 Å². The van der Waals surface area contributed by atoms with Gasteiger partial charge >= 0.3 is 23.3 Å². The van der Waals surface area contributed by atoms with E-state index in [1.165, 1.54) is 5.56 Å². The molecule has 4 aromatic carbocycles. The van der Waals surface area contributed by atoms with Gasteiger partial charge in [-0.3, -0.25) is 19.2 Å². The normalized spacial score (nSPS) is 11.6. The molecule has 0 aliphatic heterocycles. The minimum Gasteiger partial charge on any atom is -0.493 e. The van der Waals surface area contributed by atoms with Crippen LogP contribution in [0.2, 0.25) is 20.1 Å². The van der Waals surface area contributed by atoms with Crippen LogP contribution in [0.4, 0.5) is 4.79 Å². The smallest absolute Gasteiger partial charge is 0.403 e. The SMILES string of the molecule is CC(C)(C)OC(=O)C[C@H](Cc1ccc(Cl)cc1Cl)C(=O)O.CC(C)COC(=O)Cl.COc1ccc(CCN)cc1OC.COc1ccc(CCNC(=O)[C@H](CC(=O)OC(C)(C)C)Cc2ccc(Cl)cc2Cl)cc1OC. The summed E-state index contributed by atoms with van der Waals surface area (Å²) < 4.78 is 35.9. The van der Waals surface area contributed by atoms with E-state index in [1.807, 2.05) is 50.2 Å². The van der Waals surface area contributed by atoms with Crippen LogP contribution >= 0.6 is 58.0 Å². The number of ether oxygens (including phenoxy) is 7. The summed E-state index contributed by atoms with van der Waals surface area (Å²) in [6.45, 7) is 15.9. The van der Waals surface area contributed by atoms with Crippen molar-refractivity contribution in [1.82, 2.24) is 5.32 Å². The first-order valence-electron chi connectivity index (χ1n) is 23.8. The molecule has 20 heteroatoms. The van der Waals surface area contributed by atoms with Crippen molar-refractivity contribution in [3.8, 4) is 23.0 Å². The molecule has 0 saturated carbocycles. The fraction of sp³-hybridized carbons (Fsp3) is 0.473. The second-order valence-corrected chi connectivity index (χ2v) is 21.1. The maximum absolute atomic E-state index is 13.0. The summed E-state index contributed by atoms with van der Waals surface area (Å²) in [5.41, 5.74) is 6.98. The van der Waals surface area contributed by atoms with Crippen LogP contribution in [0.3, 0.4) is 0 Å².